The van der Waals surface area contributed by atoms with Crippen LogP contribution in [0.5, 0.6) is 0 Å². The summed E-state index contributed by atoms with van der Waals surface area (Å²) >= 11 is 1.68. The fourth-order valence-electron chi connectivity index (χ4n) is 1.62. The van der Waals surface area contributed by atoms with Gasteiger partial charge in [0.2, 0.25) is 0 Å². The molecule has 0 saturated heterocycles. The molecule has 0 amide bonds. The van der Waals surface area contributed by atoms with Crippen molar-refractivity contribution in [2.45, 2.75) is 45.3 Å². The number of nitrogens with two attached hydrogens (primary N) is 1. The lowest BCUT2D eigenvalue weighted by molar-refractivity contribution is 0.0726. The van der Waals surface area contributed by atoms with Crippen LogP contribution in [0.4, 0.5) is 0 Å². The molecule has 0 bridgehead atoms. The second-order valence-electron chi connectivity index (χ2n) is 3.81. The van der Waals surface area contributed by atoms with Crippen LogP contribution < -0.4 is 5.73 Å². The van der Waals surface area contributed by atoms with E-state index in [2.05, 4.69) is 17.3 Å². The van der Waals surface area contributed by atoms with Crippen molar-refractivity contribution in [3.8, 4) is 0 Å². The smallest absolute Gasteiger partial charge is 0.0944 e. The van der Waals surface area contributed by atoms with Crippen LogP contribution in [-0.4, -0.2) is 24.2 Å². The van der Waals surface area contributed by atoms with Gasteiger partial charge in [-0.15, -0.1) is 11.3 Å². The van der Waals surface area contributed by atoms with E-state index >= 15 is 0 Å². The van der Waals surface area contributed by atoms with E-state index in [4.69, 9.17) is 10.5 Å². The number of ether oxygens (including phenoxy) is 1. The molecule has 1 aromatic rings. The fourth-order valence-corrected chi connectivity index (χ4v) is 2.47. The minimum Gasteiger partial charge on any atom is -0.380 e. The maximum atomic E-state index is 6.10. The molecular weight excluding hydrogens is 208 g/mol. The molecule has 2 unspecified atom stereocenters. The van der Waals surface area contributed by atoms with Crippen molar-refractivity contribution in [1.29, 1.82) is 0 Å². The standard InChI is InChI=1S/C11H20N2OS/c1-4-5-10(14-3)9(12)6-11-13-8(2)7-15-11/h7,9-10H,4-6,12H2,1-3H3. The number of thiazole rings is 1. The first-order valence-electron chi connectivity index (χ1n) is 5.36. The van der Waals surface area contributed by atoms with Gasteiger partial charge < -0.3 is 10.5 Å². The van der Waals surface area contributed by atoms with Gasteiger partial charge in [-0.1, -0.05) is 13.3 Å². The lowest BCUT2D eigenvalue weighted by atomic mass is 10.0. The van der Waals surface area contributed by atoms with Crippen molar-refractivity contribution in [1.82, 2.24) is 4.98 Å². The summed E-state index contributed by atoms with van der Waals surface area (Å²) in [4.78, 5) is 4.41. The topological polar surface area (TPSA) is 48.1 Å². The molecule has 0 radical (unpaired) electrons. The van der Waals surface area contributed by atoms with E-state index in [1.807, 2.05) is 6.92 Å². The highest BCUT2D eigenvalue weighted by atomic mass is 32.1. The van der Waals surface area contributed by atoms with Crippen molar-refractivity contribution >= 4 is 11.3 Å². The van der Waals surface area contributed by atoms with Crippen molar-refractivity contribution in [3.05, 3.63) is 16.1 Å². The van der Waals surface area contributed by atoms with Crippen molar-refractivity contribution in [3.63, 3.8) is 0 Å². The molecule has 15 heavy (non-hydrogen) atoms. The van der Waals surface area contributed by atoms with Crippen LogP contribution in [-0.2, 0) is 11.2 Å². The van der Waals surface area contributed by atoms with E-state index in [9.17, 15) is 0 Å². The summed E-state index contributed by atoms with van der Waals surface area (Å²) in [6.45, 7) is 4.15. The molecule has 1 rings (SSSR count). The molecule has 2 N–H and O–H groups in total. The number of methoxy groups -OCH3 is 1. The first-order valence-corrected chi connectivity index (χ1v) is 6.24. The molecule has 0 aliphatic carbocycles. The molecule has 1 aromatic heterocycles. The highest BCUT2D eigenvalue weighted by Crippen LogP contribution is 2.14. The third-order valence-corrected chi connectivity index (χ3v) is 3.42. The second-order valence-corrected chi connectivity index (χ2v) is 4.76. The number of hydrogen-bond acceptors (Lipinski definition) is 4. The molecule has 0 saturated carbocycles. The van der Waals surface area contributed by atoms with Gasteiger partial charge >= 0.3 is 0 Å². The lowest BCUT2D eigenvalue weighted by Gasteiger charge is -2.21. The molecule has 0 aromatic carbocycles. The second kappa shape index (κ2) is 6.20. The van der Waals surface area contributed by atoms with Gasteiger partial charge in [0.05, 0.1) is 11.1 Å². The Labute approximate surface area is 95.7 Å². The SMILES string of the molecule is CCCC(OC)C(N)Cc1nc(C)cs1. The summed E-state index contributed by atoms with van der Waals surface area (Å²) in [5, 5.41) is 3.17. The van der Waals surface area contributed by atoms with Crippen molar-refractivity contribution in [2.24, 2.45) is 5.73 Å². The summed E-state index contributed by atoms with van der Waals surface area (Å²) in [6.07, 6.45) is 3.08. The van der Waals surface area contributed by atoms with Crippen LogP contribution in [0.2, 0.25) is 0 Å². The summed E-state index contributed by atoms with van der Waals surface area (Å²) in [6, 6.07) is 0.0560. The van der Waals surface area contributed by atoms with Crippen LogP contribution >= 0.6 is 11.3 Å². The Hall–Kier alpha value is -0.450. The highest BCUT2D eigenvalue weighted by molar-refractivity contribution is 7.09. The maximum Gasteiger partial charge on any atom is 0.0944 e. The number of aryl methyl sites for hydroxylation is 1. The van der Waals surface area contributed by atoms with Gasteiger partial charge in [0.15, 0.2) is 0 Å². The quantitative estimate of drug-likeness (QED) is 0.811. The maximum absolute atomic E-state index is 6.10. The molecule has 0 aliphatic rings. The van der Waals surface area contributed by atoms with Gasteiger partial charge in [-0.2, -0.15) is 0 Å². The molecule has 2 atom stereocenters. The summed E-state index contributed by atoms with van der Waals surface area (Å²) < 4.78 is 5.38. The lowest BCUT2D eigenvalue weighted by Crippen LogP contribution is -2.37. The van der Waals surface area contributed by atoms with Crippen LogP contribution in [0.3, 0.4) is 0 Å². The average molecular weight is 228 g/mol. The predicted octanol–water partition coefficient (Wildman–Crippen LogP) is 2.14. The number of hydrogen-bond donors (Lipinski definition) is 1. The van der Waals surface area contributed by atoms with Gasteiger partial charge in [-0.25, -0.2) is 4.98 Å². The van der Waals surface area contributed by atoms with Gasteiger partial charge in [0.1, 0.15) is 0 Å². The molecule has 86 valence electrons. The van der Waals surface area contributed by atoms with Gasteiger partial charge in [-0.3, -0.25) is 0 Å². The zero-order valence-electron chi connectivity index (χ0n) is 9.69. The Morgan fingerprint density at radius 3 is 2.80 bits per heavy atom. The normalized spacial score (nSPS) is 15.2. The van der Waals surface area contributed by atoms with Crippen LogP contribution in [0, 0.1) is 6.92 Å². The van der Waals surface area contributed by atoms with Crippen molar-refractivity contribution < 1.29 is 4.74 Å². The highest BCUT2D eigenvalue weighted by Gasteiger charge is 2.17. The van der Waals surface area contributed by atoms with Crippen LogP contribution in [0.15, 0.2) is 5.38 Å². The Morgan fingerprint density at radius 1 is 1.60 bits per heavy atom. The molecule has 0 aliphatic heterocycles. The summed E-state index contributed by atoms with van der Waals surface area (Å²) in [5.41, 5.74) is 7.17. The predicted molar refractivity (Wildman–Crippen MR) is 64.2 cm³/mol. The minimum atomic E-state index is 0.0560. The third-order valence-electron chi connectivity index (χ3n) is 2.43. The van der Waals surface area contributed by atoms with Crippen LogP contribution in [0.1, 0.15) is 30.5 Å². The molecule has 0 fully saturated rings. The molecule has 0 spiro atoms. The average Bonchev–Trinajstić information content (AvgIpc) is 2.60. The van der Waals surface area contributed by atoms with E-state index in [-0.39, 0.29) is 12.1 Å². The van der Waals surface area contributed by atoms with Gasteiger partial charge in [-0.05, 0) is 13.3 Å². The number of nitrogens with zero attached hydrogens (tertiary/aromatic N) is 1. The Kier molecular flexibility index (Phi) is 5.22. The first kappa shape index (κ1) is 12.6. The third kappa shape index (κ3) is 3.89. The number of rotatable bonds is 6. The van der Waals surface area contributed by atoms with E-state index in [1.54, 1.807) is 18.4 Å². The Balaban J connectivity index is 2.49. The van der Waals surface area contributed by atoms with Crippen LogP contribution in [0.25, 0.3) is 0 Å². The van der Waals surface area contributed by atoms with E-state index < -0.39 is 0 Å². The van der Waals surface area contributed by atoms with E-state index in [0.717, 1.165) is 30.0 Å². The number of aromatic nitrogens is 1. The summed E-state index contributed by atoms with van der Waals surface area (Å²) in [7, 11) is 1.73. The van der Waals surface area contributed by atoms with E-state index in [1.165, 1.54) is 0 Å². The Morgan fingerprint density at radius 2 is 2.33 bits per heavy atom. The monoisotopic (exact) mass is 228 g/mol. The van der Waals surface area contributed by atoms with Gasteiger partial charge in [0, 0.05) is 30.6 Å². The van der Waals surface area contributed by atoms with E-state index in [0.29, 0.717) is 0 Å². The zero-order valence-corrected chi connectivity index (χ0v) is 10.5. The first-order chi connectivity index (χ1) is 7.17. The van der Waals surface area contributed by atoms with Gasteiger partial charge in [0.25, 0.3) is 0 Å². The zero-order chi connectivity index (χ0) is 11.3. The largest absolute Gasteiger partial charge is 0.380 e. The molecular formula is C11H20N2OS. The molecule has 3 nitrogen and oxygen atoms in total. The molecule has 4 heteroatoms. The fraction of sp³-hybridized carbons (Fsp3) is 0.727. The summed E-state index contributed by atoms with van der Waals surface area (Å²) in [5.74, 6) is 0. The Bertz CT molecular complexity index is 288. The molecule has 1 heterocycles. The van der Waals surface area contributed by atoms with Crippen molar-refractivity contribution in [2.75, 3.05) is 7.11 Å². The minimum absolute atomic E-state index is 0.0560.